The predicted octanol–water partition coefficient (Wildman–Crippen LogP) is 3.39. The molecule has 1 radical (unpaired) electrons. The highest BCUT2D eigenvalue weighted by Gasteiger charge is 2.42. The first-order valence-electron chi connectivity index (χ1n) is 9.03. The quantitative estimate of drug-likeness (QED) is 0.674. The summed E-state index contributed by atoms with van der Waals surface area (Å²) in [6.45, 7) is 3.09. The van der Waals surface area contributed by atoms with Crippen LogP contribution in [0.4, 0.5) is 5.69 Å². The van der Waals surface area contributed by atoms with Crippen LogP contribution in [0.25, 0.3) is 10.8 Å². The first-order chi connectivity index (χ1) is 12.3. The summed E-state index contributed by atoms with van der Waals surface area (Å²) in [4.78, 5) is 15.4. The molecule has 3 heteroatoms. The van der Waals surface area contributed by atoms with Crippen LogP contribution in [-0.2, 0) is 6.42 Å². The lowest BCUT2D eigenvalue weighted by atomic mass is 9.60. The Labute approximate surface area is 148 Å². The molecular weight excluding hydrogens is 305 g/mol. The van der Waals surface area contributed by atoms with E-state index in [9.17, 15) is 4.79 Å². The van der Waals surface area contributed by atoms with Gasteiger partial charge in [0.25, 0.3) is 0 Å². The topological polar surface area (TPSA) is 20.3 Å². The van der Waals surface area contributed by atoms with Crippen molar-refractivity contribution in [2.45, 2.75) is 19.3 Å². The summed E-state index contributed by atoms with van der Waals surface area (Å²) in [6, 6.07) is 21.0. The van der Waals surface area contributed by atoms with E-state index in [4.69, 9.17) is 0 Å². The van der Waals surface area contributed by atoms with Gasteiger partial charge < -0.3 is 4.90 Å². The molecule has 0 amide bonds. The minimum atomic E-state index is 0.0171. The SMILES string of the molecule is CCN1c2c(ccc3ccccc23)[B]C1C1Cc2ccccc2C1=O. The van der Waals surface area contributed by atoms with E-state index in [-0.39, 0.29) is 11.9 Å². The van der Waals surface area contributed by atoms with E-state index in [1.165, 1.54) is 27.5 Å². The van der Waals surface area contributed by atoms with Crippen molar-refractivity contribution in [1.82, 2.24) is 0 Å². The average Bonchev–Trinajstić information content (AvgIpc) is 3.19. The van der Waals surface area contributed by atoms with Crippen LogP contribution < -0.4 is 10.4 Å². The van der Waals surface area contributed by atoms with Gasteiger partial charge in [-0.2, -0.15) is 0 Å². The smallest absolute Gasteiger partial charge is 0.184 e. The van der Waals surface area contributed by atoms with Gasteiger partial charge in [-0.1, -0.05) is 66.1 Å². The number of anilines is 1. The van der Waals surface area contributed by atoms with Crippen molar-refractivity contribution in [1.29, 1.82) is 0 Å². The molecule has 121 valence electrons. The van der Waals surface area contributed by atoms with Crippen LogP contribution in [0.3, 0.4) is 0 Å². The van der Waals surface area contributed by atoms with E-state index in [1.54, 1.807) is 0 Å². The number of ketones is 1. The summed E-state index contributed by atoms with van der Waals surface area (Å²) in [7, 11) is 2.31. The number of carbonyl (C=O) groups is 1. The lowest BCUT2D eigenvalue weighted by Gasteiger charge is -2.31. The van der Waals surface area contributed by atoms with Gasteiger partial charge in [0.05, 0.1) is 0 Å². The Morgan fingerprint density at radius 3 is 2.68 bits per heavy atom. The van der Waals surface area contributed by atoms with Crippen molar-refractivity contribution < 1.29 is 4.79 Å². The molecule has 3 aromatic carbocycles. The Bertz CT molecular complexity index is 996. The van der Waals surface area contributed by atoms with E-state index in [2.05, 4.69) is 61.6 Å². The number of Topliss-reactive ketones (excluding diaryl/α,β-unsaturated/α-hetero) is 1. The number of nitrogens with zero attached hydrogens (tertiary/aromatic N) is 1. The van der Waals surface area contributed by atoms with Crippen molar-refractivity contribution in [3.8, 4) is 0 Å². The van der Waals surface area contributed by atoms with Gasteiger partial charge in [-0.25, -0.2) is 0 Å². The molecule has 0 saturated heterocycles. The summed E-state index contributed by atoms with van der Waals surface area (Å²) in [5.41, 5.74) is 4.66. The first-order valence-corrected chi connectivity index (χ1v) is 9.03. The van der Waals surface area contributed by atoms with Gasteiger partial charge in [-0.15, -0.1) is 0 Å². The molecule has 1 aliphatic heterocycles. The molecule has 5 rings (SSSR count). The summed E-state index contributed by atoms with van der Waals surface area (Å²) >= 11 is 0. The summed E-state index contributed by atoms with van der Waals surface area (Å²) in [6.07, 6.45) is 0.846. The molecule has 0 fully saturated rings. The molecule has 2 unspecified atom stereocenters. The highest BCUT2D eigenvalue weighted by atomic mass is 16.1. The number of fused-ring (bicyclic) bond motifs is 4. The van der Waals surface area contributed by atoms with E-state index in [0.29, 0.717) is 5.78 Å². The van der Waals surface area contributed by atoms with Crippen LogP contribution >= 0.6 is 0 Å². The molecule has 1 aliphatic carbocycles. The zero-order valence-electron chi connectivity index (χ0n) is 14.3. The molecule has 1 heterocycles. The molecule has 2 nitrogen and oxygen atoms in total. The largest absolute Gasteiger partial charge is 0.376 e. The van der Waals surface area contributed by atoms with Crippen molar-refractivity contribution in [3.05, 3.63) is 71.8 Å². The highest BCUT2D eigenvalue weighted by molar-refractivity contribution is 6.62. The zero-order chi connectivity index (χ0) is 17.0. The van der Waals surface area contributed by atoms with Crippen molar-refractivity contribution in [3.63, 3.8) is 0 Å². The number of hydrogen-bond donors (Lipinski definition) is 0. The molecule has 0 saturated carbocycles. The fraction of sp³-hybridized carbons (Fsp3) is 0.227. The van der Waals surface area contributed by atoms with Crippen LogP contribution in [0.5, 0.6) is 0 Å². The Morgan fingerprint density at radius 2 is 1.84 bits per heavy atom. The summed E-state index contributed by atoms with van der Waals surface area (Å²) in [5, 5.41) is 2.54. The second-order valence-electron chi connectivity index (χ2n) is 7.00. The Kier molecular flexibility index (Phi) is 3.24. The third-order valence-electron chi connectivity index (χ3n) is 5.74. The maximum Gasteiger partial charge on any atom is 0.184 e. The van der Waals surface area contributed by atoms with Crippen LogP contribution in [0, 0.1) is 5.92 Å². The van der Waals surface area contributed by atoms with E-state index in [0.717, 1.165) is 18.5 Å². The maximum atomic E-state index is 13.0. The number of hydrogen-bond acceptors (Lipinski definition) is 2. The number of rotatable bonds is 2. The predicted molar refractivity (Wildman–Crippen MR) is 104 cm³/mol. The molecule has 3 aromatic rings. The van der Waals surface area contributed by atoms with Gasteiger partial charge in [0, 0.05) is 35.0 Å². The van der Waals surface area contributed by atoms with Crippen LogP contribution in [-0.4, -0.2) is 25.5 Å². The van der Waals surface area contributed by atoms with E-state index >= 15 is 0 Å². The third kappa shape index (κ3) is 2.08. The lowest BCUT2D eigenvalue weighted by Crippen LogP contribution is -2.43. The molecule has 0 aromatic heterocycles. The molecule has 2 atom stereocenters. The van der Waals surface area contributed by atoms with E-state index in [1.807, 2.05) is 18.2 Å². The molecule has 25 heavy (non-hydrogen) atoms. The summed E-state index contributed by atoms with van der Waals surface area (Å²) in [5.74, 6) is 0.460. The standard InChI is InChI=1S/C22H19BNO/c1-2-24-20-16-9-5-3-7-14(16)11-12-19(20)23-22(24)18-13-15-8-4-6-10-17(15)21(18)25/h3-12,18,22H,2,13H2,1H3. The number of benzene rings is 3. The minimum absolute atomic E-state index is 0.0171. The zero-order valence-corrected chi connectivity index (χ0v) is 14.3. The van der Waals surface area contributed by atoms with E-state index < -0.39 is 0 Å². The van der Waals surface area contributed by atoms with Crippen molar-refractivity contribution >= 4 is 35.0 Å². The monoisotopic (exact) mass is 324 g/mol. The van der Waals surface area contributed by atoms with Crippen molar-refractivity contribution in [2.75, 3.05) is 11.4 Å². The second kappa shape index (κ2) is 5.49. The van der Waals surface area contributed by atoms with Gasteiger partial charge in [0.2, 0.25) is 0 Å². The minimum Gasteiger partial charge on any atom is -0.376 e. The maximum absolute atomic E-state index is 13.0. The van der Waals surface area contributed by atoms with Crippen LogP contribution in [0.2, 0.25) is 0 Å². The fourth-order valence-corrected chi connectivity index (χ4v) is 4.60. The second-order valence-corrected chi connectivity index (χ2v) is 7.00. The van der Waals surface area contributed by atoms with Gasteiger partial charge in [0.15, 0.2) is 13.1 Å². The lowest BCUT2D eigenvalue weighted by molar-refractivity contribution is 0.0933. The molecule has 2 aliphatic rings. The summed E-state index contributed by atoms with van der Waals surface area (Å²) < 4.78 is 0. The van der Waals surface area contributed by atoms with Gasteiger partial charge in [0.1, 0.15) is 0 Å². The van der Waals surface area contributed by atoms with Gasteiger partial charge >= 0.3 is 0 Å². The third-order valence-corrected chi connectivity index (χ3v) is 5.74. The highest BCUT2D eigenvalue weighted by Crippen LogP contribution is 2.37. The Balaban J connectivity index is 1.59. The molecule has 0 spiro atoms. The average molecular weight is 324 g/mol. The normalized spacial score (nSPS) is 21.3. The first kappa shape index (κ1) is 14.8. The van der Waals surface area contributed by atoms with Gasteiger partial charge in [-0.05, 0) is 24.3 Å². The van der Waals surface area contributed by atoms with Crippen molar-refractivity contribution in [2.24, 2.45) is 5.92 Å². The fourth-order valence-electron chi connectivity index (χ4n) is 4.60. The van der Waals surface area contributed by atoms with Crippen LogP contribution in [0.15, 0.2) is 60.7 Å². The Hall–Kier alpha value is -2.55. The molecule has 0 bridgehead atoms. The molecular formula is C22H19BNO. The molecule has 0 N–H and O–H groups in total. The van der Waals surface area contributed by atoms with Gasteiger partial charge in [-0.3, -0.25) is 4.79 Å². The number of carbonyl (C=O) groups excluding carboxylic acids is 1. The Morgan fingerprint density at radius 1 is 1.04 bits per heavy atom. The van der Waals surface area contributed by atoms with Crippen LogP contribution in [0.1, 0.15) is 22.8 Å².